The van der Waals surface area contributed by atoms with Crippen LogP contribution in [0.15, 0.2) is 58.8 Å². The molecule has 25 heavy (non-hydrogen) atoms. The van der Waals surface area contributed by atoms with E-state index in [1.54, 1.807) is 0 Å². The van der Waals surface area contributed by atoms with Crippen molar-refractivity contribution in [3.63, 3.8) is 0 Å². The number of benzene rings is 1. The van der Waals surface area contributed by atoms with E-state index < -0.39 is 27.0 Å². The molecule has 0 spiro atoms. The molecule has 1 heterocycles. The number of halogens is 3. The van der Waals surface area contributed by atoms with Gasteiger partial charge >= 0.3 is 6.36 Å². The van der Waals surface area contributed by atoms with E-state index in [0.717, 1.165) is 12.1 Å². The number of ether oxygens (including phenoxy) is 1. The van der Waals surface area contributed by atoms with Gasteiger partial charge in [-0.25, -0.2) is 13.4 Å². The normalized spacial score (nSPS) is 12.3. The highest BCUT2D eigenvalue weighted by molar-refractivity contribution is 8.07. The molecule has 0 fully saturated rings. The third-order valence-corrected chi connectivity index (χ3v) is 4.12. The van der Waals surface area contributed by atoms with Gasteiger partial charge < -0.3 is 4.74 Å². The summed E-state index contributed by atoms with van der Waals surface area (Å²) >= 11 is 0. The first-order chi connectivity index (χ1) is 11.7. The Kier molecular flexibility index (Phi) is 5.23. The maximum atomic E-state index is 12.2. The van der Waals surface area contributed by atoms with Gasteiger partial charge in [0, 0.05) is 6.20 Å². The van der Waals surface area contributed by atoms with E-state index >= 15 is 0 Å². The van der Waals surface area contributed by atoms with Gasteiger partial charge in [0.2, 0.25) is 0 Å². The van der Waals surface area contributed by atoms with Crippen molar-refractivity contribution in [1.82, 2.24) is 4.98 Å². The fraction of sp³-hybridized carbons (Fsp3) is 0.0714. The molecule has 0 bridgehead atoms. The van der Waals surface area contributed by atoms with Crippen LogP contribution in [0.5, 0.6) is 5.75 Å². The van der Waals surface area contributed by atoms with Crippen LogP contribution < -0.4 is 10.2 Å². The first kappa shape index (κ1) is 18.2. The van der Waals surface area contributed by atoms with Gasteiger partial charge in [0.05, 0.1) is 5.69 Å². The maximum Gasteiger partial charge on any atom is 0.573 e. The number of hydrogen-bond donors (Lipinski definition) is 1. The van der Waals surface area contributed by atoms with E-state index in [2.05, 4.69) is 20.2 Å². The van der Waals surface area contributed by atoms with Crippen molar-refractivity contribution in [3.05, 3.63) is 48.7 Å². The van der Waals surface area contributed by atoms with Crippen LogP contribution in [0, 0.1) is 11.3 Å². The van der Waals surface area contributed by atoms with Crippen LogP contribution in [-0.4, -0.2) is 24.8 Å². The lowest BCUT2D eigenvalue weighted by Gasteiger charge is -2.09. The van der Waals surface area contributed by atoms with Gasteiger partial charge in [0.25, 0.3) is 14.9 Å². The minimum atomic E-state index is -4.82. The van der Waals surface area contributed by atoms with Gasteiger partial charge in [-0.3, -0.25) is 5.43 Å². The first-order valence-electron chi connectivity index (χ1n) is 6.48. The SMILES string of the molecule is N#C/C(=N\Nc1ccc(OC(F)(F)F)cc1)S(=O)(=O)c1ccccn1. The van der Waals surface area contributed by atoms with Crippen molar-refractivity contribution in [3.8, 4) is 11.8 Å². The number of rotatable bonds is 4. The highest BCUT2D eigenvalue weighted by Crippen LogP contribution is 2.24. The zero-order chi connectivity index (χ0) is 18.5. The van der Waals surface area contributed by atoms with Crippen molar-refractivity contribution in [2.75, 3.05) is 5.43 Å². The smallest absolute Gasteiger partial charge is 0.406 e. The Hall–Kier alpha value is -3.13. The number of sulfone groups is 1. The molecule has 130 valence electrons. The van der Waals surface area contributed by atoms with Gasteiger partial charge in [-0.05, 0) is 36.4 Å². The number of anilines is 1. The molecule has 0 aliphatic heterocycles. The van der Waals surface area contributed by atoms with Crippen LogP contribution in [0.1, 0.15) is 0 Å². The molecule has 2 aromatic rings. The summed E-state index contributed by atoms with van der Waals surface area (Å²) in [6.07, 6.45) is -3.58. The Balaban J connectivity index is 2.18. The minimum Gasteiger partial charge on any atom is -0.406 e. The topological polar surface area (TPSA) is 104 Å². The molecule has 7 nitrogen and oxygen atoms in total. The van der Waals surface area contributed by atoms with E-state index in [1.807, 2.05) is 0 Å². The standard InChI is InChI=1S/C14H9F3N4O3S/c15-14(16,17)24-11-6-4-10(5-7-11)20-21-13(9-18)25(22,23)12-3-1-2-8-19-12/h1-8,20H/b21-13+. The second kappa shape index (κ2) is 7.18. The van der Waals surface area contributed by atoms with E-state index in [9.17, 15) is 21.6 Å². The van der Waals surface area contributed by atoms with Crippen molar-refractivity contribution in [1.29, 1.82) is 5.26 Å². The van der Waals surface area contributed by atoms with E-state index in [0.29, 0.717) is 0 Å². The van der Waals surface area contributed by atoms with E-state index in [1.165, 1.54) is 42.6 Å². The molecule has 2 rings (SSSR count). The summed E-state index contributed by atoms with van der Waals surface area (Å²) < 4.78 is 64.3. The van der Waals surface area contributed by atoms with Crippen LogP contribution in [0.2, 0.25) is 0 Å². The van der Waals surface area contributed by atoms with Crippen LogP contribution >= 0.6 is 0 Å². The number of nitriles is 1. The third-order valence-electron chi connectivity index (χ3n) is 2.64. The number of pyridine rings is 1. The predicted octanol–water partition coefficient (Wildman–Crippen LogP) is 2.70. The molecule has 0 unspecified atom stereocenters. The second-order valence-corrected chi connectivity index (χ2v) is 6.20. The zero-order valence-corrected chi connectivity index (χ0v) is 13.0. The highest BCUT2D eigenvalue weighted by atomic mass is 32.2. The summed E-state index contributed by atoms with van der Waals surface area (Å²) in [6.45, 7) is 0. The largest absolute Gasteiger partial charge is 0.573 e. The van der Waals surface area contributed by atoms with Crippen molar-refractivity contribution >= 4 is 20.6 Å². The quantitative estimate of drug-likeness (QED) is 0.504. The Labute approximate surface area is 140 Å². The number of hydrogen-bond acceptors (Lipinski definition) is 7. The molecule has 1 N–H and O–H groups in total. The number of aromatic nitrogens is 1. The van der Waals surface area contributed by atoms with Gasteiger partial charge in [0.1, 0.15) is 11.8 Å². The molecule has 0 amide bonds. The molecule has 0 atom stereocenters. The average Bonchev–Trinajstić information content (AvgIpc) is 2.56. The molecule has 11 heteroatoms. The third kappa shape index (κ3) is 4.92. The molecule has 1 aromatic heterocycles. The Bertz CT molecular complexity index is 905. The van der Waals surface area contributed by atoms with Crippen LogP contribution in [0.4, 0.5) is 18.9 Å². The molecular weight excluding hydrogens is 361 g/mol. The van der Waals surface area contributed by atoms with Crippen LogP contribution in [0.3, 0.4) is 0 Å². The molecule has 0 saturated heterocycles. The zero-order valence-electron chi connectivity index (χ0n) is 12.2. The van der Waals surface area contributed by atoms with Gasteiger partial charge in [-0.2, -0.15) is 10.4 Å². The van der Waals surface area contributed by atoms with Gasteiger partial charge in [-0.15, -0.1) is 13.2 Å². The molecule has 0 saturated carbocycles. The predicted molar refractivity (Wildman–Crippen MR) is 81.2 cm³/mol. The van der Waals surface area contributed by atoms with Crippen molar-refractivity contribution < 1.29 is 26.3 Å². The van der Waals surface area contributed by atoms with Gasteiger partial charge in [0.15, 0.2) is 5.03 Å². The lowest BCUT2D eigenvalue weighted by molar-refractivity contribution is -0.274. The molecule has 0 aliphatic carbocycles. The lowest BCUT2D eigenvalue weighted by atomic mass is 10.3. The second-order valence-electron chi connectivity index (χ2n) is 4.38. The van der Waals surface area contributed by atoms with Crippen molar-refractivity contribution in [2.45, 2.75) is 11.4 Å². The fourth-order valence-electron chi connectivity index (χ4n) is 1.60. The first-order valence-corrected chi connectivity index (χ1v) is 7.96. The Morgan fingerprint density at radius 2 is 1.88 bits per heavy atom. The number of nitrogens with one attached hydrogen (secondary N) is 1. The fourth-order valence-corrected chi connectivity index (χ4v) is 2.54. The summed E-state index contributed by atoms with van der Waals surface area (Å²) in [5, 5.41) is 11.3. The molecule has 1 aromatic carbocycles. The van der Waals surface area contributed by atoms with E-state index in [-0.39, 0.29) is 10.7 Å². The Morgan fingerprint density at radius 1 is 1.20 bits per heavy atom. The summed E-state index contributed by atoms with van der Waals surface area (Å²) in [7, 11) is -4.21. The van der Waals surface area contributed by atoms with Crippen LogP contribution in [0.25, 0.3) is 0 Å². The molecule has 0 radical (unpaired) electrons. The van der Waals surface area contributed by atoms with Crippen molar-refractivity contribution in [2.24, 2.45) is 5.10 Å². The number of alkyl halides is 3. The monoisotopic (exact) mass is 370 g/mol. The Morgan fingerprint density at radius 3 is 2.40 bits per heavy atom. The number of hydrazone groups is 1. The summed E-state index contributed by atoms with van der Waals surface area (Å²) in [5.41, 5.74) is 2.43. The minimum absolute atomic E-state index is 0.151. The molecular formula is C14H9F3N4O3S. The van der Waals surface area contributed by atoms with Gasteiger partial charge in [-0.1, -0.05) is 6.07 Å². The molecule has 0 aliphatic rings. The summed E-state index contributed by atoms with van der Waals surface area (Å²) in [5.74, 6) is -0.455. The lowest BCUT2D eigenvalue weighted by Crippen LogP contribution is -2.17. The average molecular weight is 370 g/mol. The summed E-state index contributed by atoms with van der Waals surface area (Å²) in [6, 6.07) is 9.93. The number of nitrogens with zero attached hydrogens (tertiary/aromatic N) is 3. The maximum absolute atomic E-state index is 12.2. The van der Waals surface area contributed by atoms with E-state index in [4.69, 9.17) is 5.26 Å². The highest BCUT2D eigenvalue weighted by Gasteiger charge is 2.31. The van der Waals surface area contributed by atoms with Crippen LogP contribution in [-0.2, 0) is 9.84 Å². The summed E-state index contributed by atoms with van der Waals surface area (Å²) in [4.78, 5) is 3.65.